The second kappa shape index (κ2) is 4.91. The molecule has 5 heteroatoms. The van der Waals surface area contributed by atoms with Crippen LogP contribution < -0.4 is 5.49 Å². The van der Waals surface area contributed by atoms with E-state index in [1.807, 2.05) is 13.8 Å². The van der Waals surface area contributed by atoms with Crippen LogP contribution in [0.2, 0.25) is 0 Å². The molecule has 14 heavy (non-hydrogen) atoms. The number of aromatic amines is 1. The molecule has 0 saturated heterocycles. The molecule has 4 nitrogen and oxygen atoms in total. The van der Waals surface area contributed by atoms with E-state index in [2.05, 4.69) is 15.0 Å². The standard InChI is InChI=1S/C9H13ClN4/c1-3-7-9(14-8(11)4-10)13-6(2)5-12-7/h5H,3-4H2,1-2H3,(H2,11,13,14). The van der Waals surface area contributed by atoms with Crippen LogP contribution in [0, 0.1) is 12.3 Å². The fraction of sp³-hybridized carbons (Fsp3) is 0.444. The maximum Gasteiger partial charge on any atom is 0.154 e. The third-order valence-electron chi connectivity index (χ3n) is 1.71. The van der Waals surface area contributed by atoms with Crippen LogP contribution in [0.5, 0.6) is 0 Å². The van der Waals surface area contributed by atoms with Crippen LogP contribution in [0.15, 0.2) is 11.2 Å². The third kappa shape index (κ3) is 2.67. The van der Waals surface area contributed by atoms with Gasteiger partial charge in [-0.1, -0.05) is 6.92 Å². The van der Waals surface area contributed by atoms with E-state index in [1.54, 1.807) is 6.20 Å². The van der Waals surface area contributed by atoms with Gasteiger partial charge in [-0.2, -0.15) is 0 Å². The number of nitrogens with zero attached hydrogens (tertiary/aromatic N) is 2. The van der Waals surface area contributed by atoms with E-state index >= 15 is 0 Å². The Hall–Kier alpha value is -1.16. The van der Waals surface area contributed by atoms with E-state index in [9.17, 15) is 0 Å². The van der Waals surface area contributed by atoms with E-state index in [4.69, 9.17) is 17.0 Å². The van der Waals surface area contributed by atoms with Crippen LogP contribution in [-0.4, -0.2) is 21.7 Å². The van der Waals surface area contributed by atoms with Crippen molar-refractivity contribution in [1.82, 2.24) is 9.97 Å². The molecule has 0 unspecified atom stereocenters. The van der Waals surface area contributed by atoms with Crippen molar-refractivity contribution in [2.24, 2.45) is 4.99 Å². The predicted octanol–water partition coefficient (Wildman–Crippen LogP) is 1.40. The van der Waals surface area contributed by atoms with Crippen LogP contribution in [0.25, 0.3) is 0 Å². The molecule has 0 atom stereocenters. The molecule has 0 aliphatic heterocycles. The van der Waals surface area contributed by atoms with Gasteiger partial charge in [0, 0.05) is 11.9 Å². The Morgan fingerprint density at radius 3 is 3.00 bits per heavy atom. The Morgan fingerprint density at radius 2 is 2.43 bits per heavy atom. The average molecular weight is 213 g/mol. The minimum Gasteiger partial charge on any atom is -0.341 e. The smallest absolute Gasteiger partial charge is 0.154 e. The summed E-state index contributed by atoms with van der Waals surface area (Å²) < 4.78 is 0. The van der Waals surface area contributed by atoms with Gasteiger partial charge in [-0.3, -0.25) is 10.4 Å². The highest BCUT2D eigenvalue weighted by Gasteiger charge is 1.97. The van der Waals surface area contributed by atoms with Crippen LogP contribution in [0.1, 0.15) is 18.3 Å². The summed E-state index contributed by atoms with van der Waals surface area (Å²) in [5, 5.41) is 7.37. The van der Waals surface area contributed by atoms with Crippen LogP contribution in [0.3, 0.4) is 0 Å². The zero-order valence-corrected chi connectivity index (χ0v) is 9.02. The minimum absolute atomic E-state index is 0.116. The molecule has 0 radical (unpaired) electrons. The van der Waals surface area contributed by atoms with E-state index in [1.165, 1.54) is 0 Å². The Bertz CT molecular complexity index is 394. The van der Waals surface area contributed by atoms with E-state index in [-0.39, 0.29) is 11.7 Å². The van der Waals surface area contributed by atoms with Crippen LogP contribution >= 0.6 is 11.6 Å². The molecular weight excluding hydrogens is 200 g/mol. The first-order valence-corrected chi connectivity index (χ1v) is 4.93. The molecule has 0 spiro atoms. The van der Waals surface area contributed by atoms with Gasteiger partial charge in [-0.25, -0.2) is 4.99 Å². The number of H-pyrrole nitrogens is 1. The first-order valence-electron chi connectivity index (χ1n) is 4.40. The lowest BCUT2D eigenvalue weighted by atomic mass is 10.3. The van der Waals surface area contributed by atoms with Gasteiger partial charge < -0.3 is 4.98 Å². The molecule has 0 amide bonds. The highest BCUT2D eigenvalue weighted by atomic mass is 35.5. The second-order valence-electron chi connectivity index (χ2n) is 2.91. The van der Waals surface area contributed by atoms with Crippen molar-refractivity contribution in [3.8, 4) is 0 Å². The number of hydrogen-bond donors (Lipinski definition) is 2. The molecule has 1 heterocycles. The number of halogens is 1. The molecule has 1 aromatic heterocycles. The first-order chi connectivity index (χ1) is 6.67. The minimum atomic E-state index is 0.116. The normalized spacial score (nSPS) is 11.8. The average Bonchev–Trinajstić information content (AvgIpc) is 2.18. The molecule has 1 rings (SSSR count). The van der Waals surface area contributed by atoms with Crippen molar-refractivity contribution in [1.29, 1.82) is 5.41 Å². The largest absolute Gasteiger partial charge is 0.341 e. The van der Waals surface area contributed by atoms with Crippen molar-refractivity contribution in [3.05, 3.63) is 23.1 Å². The van der Waals surface area contributed by atoms with Gasteiger partial charge >= 0.3 is 0 Å². The molecule has 2 N–H and O–H groups in total. The fourth-order valence-electron chi connectivity index (χ4n) is 1.04. The summed E-state index contributed by atoms with van der Waals surface area (Å²) in [5.41, 5.74) is 2.41. The highest BCUT2D eigenvalue weighted by Crippen LogP contribution is 1.89. The summed E-state index contributed by atoms with van der Waals surface area (Å²) in [5.74, 6) is 0.260. The van der Waals surface area contributed by atoms with Gasteiger partial charge in [0.1, 0.15) is 5.84 Å². The van der Waals surface area contributed by atoms with Gasteiger partial charge in [-0.15, -0.1) is 11.6 Å². The number of hydrogen-bond acceptors (Lipinski definition) is 2. The molecule has 0 fully saturated rings. The summed E-state index contributed by atoms with van der Waals surface area (Å²) in [4.78, 5) is 11.3. The molecule has 0 aliphatic carbocycles. The summed E-state index contributed by atoms with van der Waals surface area (Å²) in [7, 11) is 0. The quantitative estimate of drug-likeness (QED) is 0.435. The number of alkyl halides is 1. The molecule has 0 bridgehead atoms. The van der Waals surface area contributed by atoms with E-state index in [0.29, 0.717) is 5.49 Å². The zero-order valence-electron chi connectivity index (χ0n) is 8.26. The fourth-order valence-corrected chi connectivity index (χ4v) is 1.10. The number of rotatable bonds is 2. The summed E-state index contributed by atoms with van der Waals surface area (Å²) in [6, 6.07) is 0. The van der Waals surface area contributed by atoms with Crippen LogP contribution in [0.4, 0.5) is 0 Å². The highest BCUT2D eigenvalue weighted by molar-refractivity contribution is 6.27. The third-order valence-corrected chi connectivity index (χ3v) is 1.96. The monoisotopic (exact) mass is 212 g/mol. The van der Waals surface area contributed by atoms with Gasteiger partial charge in [-0.05, 0) is 13.3 Å². The van der Waals surface area contributed by atoms with Crippen LogP contribution in [-0.2, 0) is 6.42 Å². The molecular formula is C9H13ClN4. The Balaban J connectivity index is 3.23. The lowest BCUT2D eigenvalue weighted by Gasteiger charge is -1.99. The lowest BCUT2D eigenvalue weighted by Crippen LogP contribution is -2.19. The number of nitrogens with one attached hydrogen (secondary N) is 2. The number of aryl methyl sites for hydroxylation is 2. The Morgan fingerprint density at radius 1 is 1.71 bits per heavy atom. The van der Waals surface area contributed by atoms with Gasteiger partial charge in [0.15, 0.2) is 5.49 Å². The van der Waals surface area contributed by atoms with Crippen molar-refractivity contribution in [2.75, 3.05) is 5.88 Å². The van der Waals surface area contributed by atoms with E-state index in [0.717, 1.165) is 17.8 Å². The summed E-state index contributed by atoms with van der Waals surface area (Å²) in [6.07, 6.45) is 2.54. The van der Waals surface area contributed by atoms with Gasteiger partial charge in [0.05, 0.1) is 11.6 Å². The Labute approximate surface area is 87.6 Å². The van der Waals surface area contributed by atoms with Crippen molar-refractivity contribution < 1.29 is 0 Å². The van der Waals surface area contributed by atoms with Crippen molar-refractivity contribution in [2.45, 2.75) is 20.3 Å². The summed E-state index contributed by atoms with van der Waals surface area (Å²) >= 11 is 5.48. The predicted molar refractivity (Wildman–Crippen MR) is 56.7 cm³/mol. The molecule has 0 aromatic carbocycles. The number of amidine groups is 1. The summed E-state index contributed by atoms with van der Waals surface area (Å²) in [6.45, 7) is 3.89. The van der Waals surface area contributed by atoms with E-state index < -0.39 is 0 Å². The molecule has 0 aliphatic rings. The second-order valence-corrected chi connectivity index (χ2v) is 3.17. The SMILES string of the molecule is CCc1ncc(C)[nH]/c1=N\C(=N)CCl. The van der Waals surface area contributed by atoms with Crippen molar-refractivity contribution in [3.63, 3.8) is 0 Å². The first kappa shape index (κ1) is 10.9. The zero-order chi connectivity index (χ0) is 10.6. The maximum atomic E-state index is 7.37. The topological polar surface area (TPSA) is 64.9 Å². The maximum absolute atomic E-state index is 7.37. The van der Waals surface area contributed by atoms with Crippen molar-refractivity contribution >= 4 is 17.4 Å². The molecule has 0 saturated carbocycles. The van der Waals surface area contributed by atoms with Gasteiger partial charge in [0.25, 0.3) is 0 Å². The lowest BCUT2D eigenvalue weighted by molar-refractivity contribution is 0.916. The molecule has 1 aromatic rings. The number of aromatic nitrogens is 2. The Kier molecular flexibility index (Phi) is 3.83. The molecule has 76 valence electrons. The van der Waals surface area contributed by atoms with Gasteiger partial charge in [0.2, 0.25) is 0 Å².